The van der Waals surface area contributed by atoms with Crippen LogP contribution in [-0.4, -0.2) is 18.7 Å². The van der Waals surface area contributed by atoms with Gasteiger partial charge in [0.25, 0.3) is 5.91 Å². The normalized spacial score (nSPS) is 15.2. The number of para-hydroxylation sites is 1. The van der Waals surface area contributed by atoms with Crippen molar-refractivity contribution in [2.24, 2.45) is 5.92 Å². The zero-order valence-corrected chi connectivity index (χ0v) is 28.1. The van der Waals surface area contributed by atoms with Gasteiger partial charge in [0.2, 0.25) is 6.79 Å². The van der Waals surface area contributed by atoms with Crippen LogP contribution in [0, 0.1) is 5.92 Å². The Morgan fingerprint density at radius 3 is 2.00 bits per heavy atom. The van der Waals surface area contributed by atoms with E-state index >= 15 is 0 Å². The molecule has 1 unspecified atom stereocenters. The largest absolute Gasteiger partial charge is 0.480 e. The monoisotopic (exact) mass is 667 g/mol. The maximum atomic E-state index is 14.7. The zero-order chi connectivity index (χ0) is 34.3. The third-order valence-electron chi connectivity index (χ3n) is 9.73. The molecule has 254 valence electrons. The number of nitrogens with one attached hydrogen (secondary N) is 3. The van der Waals surface area contributed by atoms with Crippen LogP contribution in [0.2, 0.25) is 0 Å². The number of fused-ring (bicyclic) bond motifs is 1. The predicted octanol–water partition coefficient (Wildman–Crippen LogP) is 9.45. The van der Waals surface area contributed by atoms with Gasteiger partial charge in [-0.2, -0.15) is 0 Å². The maximum Gasteiger partial charge on any atom is 0.323 e. The van der Waals surface area contributed by atoms with Crippen LogP contribution in [0.25, 0.3) is 0 Å². The zero-order valence-electron chi connectivity index (χ0n) is 28.1. The maximum absolute atomic E-state index is 14.7. The SMILES string of the molecule is CC(NC(=O)c1cc(NC(=O)Nc2ccccc2)ccc1OC(c1ccccc1)c1ccccc1)(c1ccc2c(c1)OCO2)C1CCCCC1. The molecule has 5 aromatic rings. The molecule has 3 N–H and O–H groups in total. The Bertz CT molecular complexity index is 1890. The topological polar surface area (TPSA) is 97.9 Å². The van der Waals surface area contributed by atoms with Crippen molar-refractivity contribution in [2.45, 2.75) is 50.7 Å². The van der Waals surface area contributed by atoms with E-state index in [4.69, 9.17) is 14.2 Å². The summed E-state index contributed by atoms with van der Waals surface area (Å²) in [6.07, 6.45) is 4.86. The lowest BCUT2D eigenvalue weighted by Gasteiger charge is -2.41. The van der Waals surface area contributed by atoms with Gasteiger partial charge in [-0.1, -0.05) is 104 Å². The number of amides is 3. The second-order valence-corrected chi connectivity index (χ2v) is 13.0. The lowest BCUT2D eigenvalue weighted by molar-refractivity contribution is 0.0828. The number of hydrogen-bond donors (Lipinski definition) is 3. The highest BCUT2D eigenvalue weighted by atomic mass is 16.7. The van der Waals surface area contributed by atoms with Crippen LogP contribution in [0.15, 0.2) is 127 Å². The first kappa shape index (κ1) is 32.8. The van der Waals surface area contributed by atoms with Gasteiger partial charge >= 0.3 is 6.03 Å². The van der Waals surface area contributed by atoms with Crippen LogP contribution in [0.3, 0.4) is 0 Å². The van der Waals surface area contributed by atoms with Crippen LogP contribution in [-0.2, 0) is 5.54 Å². The number of anilines is 2. The van der Waals surface area contributed by atoms with Crippen molar-refractivity contribution in [1.82, 2.24) is 5.32 Å². The highest BCUT2D eigenvalue weighted by molar-refractivity contribution is 6.02. The molecule has 0 aromatic heterocycles. The Morgan fingerprint density at radius 1 is 0.700 bits per heavy atom. The summed E-state index contributed by atoms with van der Waals surface area (Å²) in [6.45, 7) is 2.28. The smallest absolute Gasteiger partial charge is 0.323 e. The minimum absolute atomic E-state index is 0.174. The number of carbonyl (C=O) groups is 2. The van der Waals surface area contributed by atoms with Crippen LogP contribution >= 0.6 is 0 Å². The Kier molecular flexibility index (Phi) is 9.69. The van der Waals surface area contributed by atoms with Gasteiger partial charge in [-0.15, -0.1) is 0 Å². The van der Waals surface area contributed by atoms with Gasteiger partial charge in [0.1, 0.15) is 11.9 Å². The van der Waals surface area contributed by atoms with E-state index in [2.05, 4.69) is 22.9 Å². The average Bonchev–Trinajstić information content (AvgIpc) is 3.64. The molecule has 8 heteroatoms. The van der Waals surface area contributed by atoms with Crippen molar-refractivity contribution in [3.63, 3.8) is 0 Å². The summed E-state index contributed by atoms with van der Waals surface area (Å²) in [7, 11) is 0. The Hall–Kier alpha value is -5.76. The molecule has 1 heterocycles. The summed E-state index contributed by atoms with van der Waals surface area (Å²) in [5.74, 6) is 1.65. The molecular formula is C42H41N3O5. The lowest BCUT2D eigenvalue weighted by Crippen LogP contribution is -2.49. The van der Waals surface area contributed by atoms with E-state index < -0.39 is 17.7 Å². The number of hydrogen-bond acceptors (Lipinski definition) is 5. The molecular weight excluding hydrogens is 626 g/mol. The van der Waals surface area contributed by atoms with Gasteiger partial charge in [0, 0.05) is 11.4 Å². The molecule has 3 amide bonds. The van der Waals surface area contributed by atoms with Gasteiger partial charge in [-0.05, 0) is 84.8 Å². The third kappa shape index (κ3) is 7.29. The van der Waals surface area contributed by atoms with E-state index in [-0.39, 0.29) is 18.6 Å². The quantitative estimate of drug-likeness (QED) is 0.138. The fraction of sp³-hybridized carbons (Fsp3) is 0.238. The van der Waals surface area contributed by atoms with Crippen LogP contribution < -0.4 is 30.2 Å². The summed E-state index contributed by atoms with van der Waals surface area (Å²) < 4.78 is 18.2. The summed E-state index contributed by atoms with van der Waals surface area (Å²) in [4.78, 5) is 27.8. The van der Waals surface area contributed by atoms with E-state index in [1.165, 1.54) is 6.42 Å². The molecule has 1 atom stereocenters. The van der Waals surface area contributed by atoms with Crippen LogP contribution in [0.5, 0.6) is 17.2 Å². The molecule has 1 saturated carbocycles. The van der Waals surface area contributed by atoms with Crippen molar-refractivity contribution in [3.05, 3.63) is 150 Å². The molecule has 1 aliphatic carbocycles. The van der Waals surface area contributed by atoms with Crippen molar-refractivity contribution in [1.29, 1.82) is 0 Å². The van der Waals surface area contributed by atoms with E-state index in [1.807, 2.05) is 109 Å². The number of rotatable bonds is 10. The molecule has 0 radical (unpaired) electrons. The highest BCUT2D eigenvalue weighted by Gasteiger charge is 2.39. The predicted molar refractivity (Wildman–Crippen MR) is 195 cm³/mol. The highest BCUT2D eigenvalue weighted by Crippen LogP contribution is 2.43. The molecule has 7 rings (SSSR count). The second-order valence-electron chi connectivity index (χ2n) is 13.0. The molecule has 5 aromatic carbocycles. The van der Waals surface area contributed by atoms with Gasteiger partial charge in [-0.3, -0.25) is 4.79 Å². The number of carbonyl (C=O) groups excluding carboxylic acids is 2. The molecule has 8 nitrogen and oxygen atoms in total. The van der Waals surface area contributed by atoms with E-state index in [0.29, 0.717) is 34.2 Å². The standard InChI is InChI=1S/C42H41N3O5/c1-42(31-18-10-4-11-19-31,32-22-24-37-38(26-32)49-28-48-37)45-40(46)35-27-34(44-41(47)43-33-20-12-5-13-21-33)23-25-36(35)50-39(29-14-6-2-7-15-29)30-16-8-3-9-17-30/h2-3,5-9,12-17,20-27,31,39H,4,10-11,18-19,28H2,1H3,(H,45,46)(H2,43,44,47). The first-order valence-electron chi connectivity index (χ1n) is 17.2. The summed E-state index contributed by atoms with van der Waals surface area (Å²) >= 11 is 0. The first-order chi connectivity index (χ1) is 24.5. The fourth-order valence-corrected chi connectivity index (χ4v) is 7.03. The van der Waals surface area contributed by atoms with Gasteiger partial charge in [-0.25, -0.2) is 4.79 Å². The van der Waals surface area contributed by atoms with Crippen molar-refractivity contribution in [2.75, 3.05) is 17.4 Å². The van der Waals surface area contributed by atoms with Crippen molar-refractivity contribution < 1.29 is 23.8 Å². The summed E-state index contributed by atoms with van der Waals surface area (Å²) in [5, 5.41) is 9.20. The molecule has 2 aliphatic rings. The van der Waals surface area contributed by atoms with Gasteiger partial charge in [0.05, 0.1) is 11.1 Å². The number of ether oxygens (including phenoxy) is 3. The Morgan fingerprint density at radius 2 is 1.32 bits per heavy atom. The molecule has 1 fully saturated rings. The van der Waals surface area contributed by atoms with Crippen LogP contribution in [0.1, 0.15) is 72.2 Å². The van der Waals surface area contributed by atoms with E-state index in [0.717, 1.165) is 42.4 Å². The molecule has 0 saturated heterocycles. The number of benzene rings is 5. The average molecular weight is 668 g/mol. The molecule has 0 bridgehead atoms. The number of urea groups is 1. The first-order valence-corrected chi connectivity index (χ1v) is 17.2. The summed E-state index contributed by atoms with van der Waals surface area (Å²) in [6, 6.07) is 39.8. The van der Waals surface area contributed by atoms with E-state index in [1.54, 1.807) is 18.2 Å². The van der Waals surface area contributed by atoms with E-state index in [9.17, 15) is 9.59 Å². The summed E-state index contributed by atoms with van der Waals surface area (Å²) in [5.41, 5.74) is 3.54. The van der Waals surface area contributed by atoms with Gasteiger partial charge < -0.3 is 30.2 Å². The fourth-order valence-electron chi connectivity index (χ4n) is 7.03. The Labute approximate surface area is 292 Å². The minimum Gasteiger partial charge on any atom is -0.480 e. The molecule has 0 spiro atoms. The van der Waals surface area contributed by atoms with Crippen LogP contribution in [0.4, 0.5) is 16.2 Å². The van der Waals surface area contributed by atoms with Crippen molar-refractivity contribution in [3.8, 4) is 17.2 Å². The van der Waals surface area contributed by atoms with Gasteiger partial charge in [0.15, 0.2) is 11.5 Å². The minimum atomic E-state index is -0.720. The third-order valence-corrected chi connectivity index (χ3v) is 9.73. The lowest BCUT2D eigenvalue weighted by atomic mass is 9.72. The molecule has 50 heavy (non-hydrogen) atoms. The molecule has 1 aliphatic heterocycles. The Balaban J connectivity index is 1.26. The van der Waals surface area contributed by atoms with Crippen molar-refractivity contribution >= 4 is 23.3 Å². The second kappa shape index (κ2) is 14.8.